The van der Waals surface area contributed by atoms with Crippen LogP contribution in [0.2, 0.25) is 0 Å². The van der Waals surface area contributed by atoms with E-state index in [1.165, 1.54) is 16.7 Å². The van der Waals surface area contributed by atoms with Gasteiger partial charge in [-0.3, -0.25) is 9.79 Å². The second-order valence-corrected chi connectivity index (χ2v) is 10.3. The molecule has 0 saturated carbocycles. The number of nitrogens with one attached hydrogen (secondary N) is 3. The summed E-state index contributed by atoms with van der Waals surface area (Å²) in [6, 6.07) is 7.12. The Hall–Kier alpha value is -1.58. The van der Waals surface area contributed by atoms with Gasteiger partial charge in [0.25, 0.3) is 5.91 Å². The van der Waals surface area contributed by atoms with Crippen molar-refractivity contribution < 1.29 is 18.1 Å². The molecule has 3 rings (SSSR count). The molecule has 0 bridgehead atoms. The Morgan fingerprint density at radius 3 is 2.56 bits per heavy atom. The highest BCUT2D eigenvalue weighted by Crippen LogP contribution is 2.34. The summed E-state index contributed by atoms with van der Waals surface area (Å²) < 4.78 is 23.2. The van der Waals surface area contributed by atoms with Crippen molar-refractivity contribution in [1.82, 2.24) is 5.32 Å². The highest BCUT2D eigenvalue weighted by molar-refractivity contribution is 8.15. The van der Waals surface area contributed by atoms with Crippen LogP contribution < -0.4 is 15.5 Å². The smallest absolute Gasteiger partial charge is 0.251 e. The van der Waals surface area contributed by atoms with Crippen LogP contribution in [0.4, 0.5) is 5.69 Å². The number of nitrogens with zero attached hydrogens (tertiary/aromatic N) is 1. The minimum atomic E-state index is -2.94. The molecule has 1 aromatic rings. The number of rotatable bonds is 7. The van der Waals surface area contributed by atoms with Crippen molar-refractivity contribution in [2.24, 2.45) is 4.99 Å². The number of carbonyl (C=O) groups excluding carboxylic acids is 1. The number of thioether (sulfide) groups is 1. The van der Waals surface area contributed by atoms with Crippen LogP contribution in [0.1, 0.15) is 24.2 Å². The number of fused-ring (bicyclic) bond motifs is 1. The Kier molecular flexibility index (Phi) is 6.44. The monoisotopic (exact) mass is 411 g/mol. The van der Waals surface area contributed by atoms with E-state index in [9.17, 15) is 13.2 Å². The van der Waals surface area contributed by atoms with Gasteiger partial charge in [-0.25, -0.2) is 8.42 Å². The third-order valence-electron chi connectivity index (χ3n) is 4.98. The number of benzene rings is 1. The predicted octanol–water partition coefficient (Wildman–Crippen LogP) is 0.0214. The Labute approximate surface area is 164 Å². The van der Waals surface area contributed by atoms with Crippen LogP contribution in [0, 0.1) is 0 Å². The van der Waals surface area contributed by atoms with Crippen LogP contribution in [0.3, 0.4) is 0 Å². The summed E-state index contributed by atoms with van der Waals surface area (Å²) in [7, 11) is -2.94. The Morgan fingerprint density at radius 1 is 1.22 bits per heavy atom. The molecule has 1 fully saturated rings. The summed E-state index contributed by atoms with van der Waals surface area (Å²) in [5, 5.41) is 6.95. The zero-order valence-electron chi connectivity index (χ0n) is 15.7. The zero-order valence-corrected chi connectivity index (χ0v) is 17.3. The van der Waals surface area contributed by atoms with Gasteiger partial charge in [0.2, 0.25) is 0 Å². The number of likely N-dealkylation sites (N-methyl/N-ethyl adjacent to an activating group) is 1. The first-order chi connectivity index (χ1) is 12.9. The van der Waals surface area contributed by atoms with Crippen molar-refractivity contribution in [1.29, 1.82) is 0 Å². The van der Waals surface area contributed by atoms with E-state index in [0.717, 1.165) is 30.5 Å². The number of amides is 1. The zero-order chi connectivity index (χ0) is 19.4. The van der Waals surface area contributed by atoms with Crippen LogP contribution >= 0.6 is 11.8 Å². The second-order valence-electron chi connectivity index (χ2n) is 6.90. The molecule has 0 aliphatic carbocycles. The number of quaternary nitrogens is 1. The molecule has 0 spiro atoms. The summed E-state index contributed by atoms with van der Waals surface area (Å²) in [4.78, 5) is 18.2. The van der Waals surface area contributed by atoms with Crippen molar-refractivity contribution in [2.45, 2.75) is 25.1 Å². The largest absolute Gasteiger partial charge is 0.346 e. The third-order valence-corrected chi connectivity index (χ3v) is 8.12. The summed E-state index contributed by atoms with van der Waals surface area (Å²) in [5.41, 5.74) is 1.47. The maximum Gasteiger partial charge on any atom is 0.251 e. The van der Waals surface area contributed by atoms with Gasteiger partial charge < -0.3 is 15.5 Å². The number of carbonyl (C=O) groups is 1. The first kappa shape index (κ1) is 20.2. The van der Waals surface area contributed by atoms with E-state index in [1.807, 2.05) is 12.1 Å². The summed E-state index contributed by atoms with van der Waals surface area (Å²) in [6.45, 7) is 7.99. The van der Waals surface area contributed by atoms with Crippen molar-refractivity contribution in [3.8, 4) is 0 Å². The standard InChI is InChI=1S/C18H26N4O3S2/c1-3-22(4-2)10-9-19-17(23)13-5-7-14(8-6-13)20-18-21-15-11-27(24,25)12-16(15)26-18/h5-8,15-16H,3-4,9-12H2,1-2H3,(H,19,23)(H,20,21)/p+1. The second kappa shape index (κ2) is 8.62. The van der Waals surface area contributed by atoms with Crippen LogP contribution in [0.5, 0.6) is 0 Å². The lowest BCUT2D eigenvalue weighted by Crippen LogP contribution is -3.12. The van der Waals surface area contributed by atoms with E-state index in [-0.39, 0.29) is 28.7 Å². The van der Waals surface area contributed by atoms with Crippen LogP contribution in [0.15, 0.2) is 29.3 Å². The van der Waals surface area contributed by atoms with Gasteiger partial charge in [-0.1, -0.05) is 11.8 Å². The van der Waals surface area contributed by atoms with E-state index in [2.05, 4.69) is 29.5 Å². The van der Waals surface area contributed by atoms with Crippen molar-refractivity contribution in [2.75, 3.05) is 43.0 Å². The molecule has 2 aliphatic rings. The molecule has 9 heteroatoms. The van der Waals surface area contributed by atoms with Gasteiger partial charge >= 0.3 is 0 Å². The van der Waals surface area contributed by atoms with Gasteiger partial charge in [0.05, 0.1) is 43.7 Å². The maximum atomic E-state index is 12.2. The first-order valence-corrected chi connectivity index (χ1v) is 12.0. The number of hydrogen-bond donors (Lipinski definition) is 3. The molecule has 2 atom stereocenters. The van der Waals surface area contributed by atoms with Gasteiger partial charge in [0.15, 0.2) is 15.0 Å². The van der Waals surface area contributed by atoms with Crippen molar-refractivity contribution >= 4 is 38.4 Å². The molecule has 0 radical (unpaired) electrons. The van der Waals surface area contributed by atoms with Gasteiger partial charge in [-0.05, 0) is 38.1 Å². The van der Waals surface area contributed by atoms with E-state index in [4.69, 9.17) is 0 Å². The average Bonchev–Trinajstić information content (AvgIpc) is 3.11. The van der Waals surface area contributed by atoms with Crippen LogP contribution in [0.25, 0.3) is 0 Å². The molecule has 1 aromatic carbocycles. The average molecular weight is 412 g/mol. The Balaban J connectivity index is 1.50. The topological polar surface area (TPSA) is 92.1 Å². The highest BCUT2D eigenvalue weighted by Gasteiger charge is 2.42. The summed E-state index contributed by atoms with van der Waals surface area (Å²) in [5.74, 6) is 0.274. The SMILES string of the molecule is CC[NH+](CC)CCNC(=O)c1ccc(NC2=NC3CS(=O)(=O)CC3S2)cc1. The van der Waals surface area contributed by atoms with E-state index < -0.39 is 9.84 Å². The summed E-state index contributed by atoms with van der Waals surface area (Å²) in [6.07, 6.45) is 0. The molecule has 1 amide bonds. The van der Waals surface area contributed by atoms with Gasteiger partial charge in [-0.15, -0.1) is 0 Å². The van der Waals surface area contributed by atoms with Gasteiger partial charge in [0.1, 0.15) is 0 Å². The number of amidine groups is 1. The quantitative estimate of drug-likeness (QED) is 0.588. The molecule has 7 nitrogen and oxygen atoms in total. The lowest BCUT2D eigenvalue weighted by molar-refractivity contribution is -0.895. The minimum Gasteiger partial charge on any atom is -0.346 e. The van der Waals surface area contributed by atoms with Crippen molar-refractivity contribution in [3.63, 3.8) is 0 Å². The lowest BCUT2D eigenvalue weighted by Gasteiger charge is -2.15. The predicted molar refractivity (Wildman–Crippen MR) is 111 cm³/mol. The molecule has 2 aliphatic heterocycles. The number of aliphatic imine (C=N–C) groups is 1. The molecular weight excluding hydrogens is 384 g/mol. The van der Waals surface area contributed by atoms with Crippen LogP contribution in [-0.4, -0.2) is 68.5 Å². The fourth-order valence-corrected chi connectivity index (χ4v) is 6.98. The van der Waals surface area contributed by atoms with E-state index in [1.54, 1.807) is 12.1 Å². The molecular formula is C18H27N4O3S2+. The normalized spacial score (nSPS) is 23.1. The number of hydrogen-bond acceptors (Lipinski definition) is 6. The van der Waals surface area contributed by atoms with Crippen LogP contribution in [-0.2, 0) is 9.84 Å². The molecule has 2 unspecified atom stereocenters. The third kappa shape index (κ3) is 5.24. The summed E-state index contributed by atoms with van der Waals surface area (Å²) >= 11 is 1.48. The minimum absolute atomic E-state index is 0.0236. The molecule has 3 N–H and O–H groups in total. The van der Waals surface area contributed by atoms with E-state index in [0.29, 0.717) is 12.1 Å². The fourth-order valence-electron chi connectivity index (χ4n) is 3.30. The molecule has 1 saturated heterocycles. The van der Waals surface area contributed by atoms with Gasteiger partial charge in [0, 0.05) is 16.5 Å². The molecule has 148 valence electrons. The Morgan fingerprint density at radius 2 is 1.93 bits per heavy atom. The van der Waals surface area contributed by atoms with Crippen molar-refractivity contribution in [3.05, 3.63) is 29.8 Å². The first-order valence-electron chi connectivity index (χ1n) is 9.34. The lowest BCUT2D eigenvalue weighted by atomic mass is 10.2. The fraction of sp³-hybridized carbons (Fsp3) is 0.556. The number of sulfone groups is 1. The Bertz CT molecular complexity index is 804. The number of anilines is 1. The highest BCUT2D eigenvalue weighted by atomic mass is 32.2. The molecule has 0 aromatic heterocycles. The molecule has 27 heavy (non-hydrogen) atoms. The van der Waals surface area contributed by atoms with Gasteiger partial charge in [-0.2, -0.15) is 0 Å². The maximum absolute atomic E-state index is 12.2. The molecule has 2 heterocycles. The van der Waals surface area contributed by atoms with E-state index >= 15 is 0 Å².